The van der Waals surface area contributed by atoms with Crippen LogP contribution in [0, 0.1) is 0 Å². The molecule has 1 amide bonds. The molecule has 0 saturated carbocycles. The smallest absolute Gasteiger partial charge is 0.281 e. The summed E-state index contributed by atoms with van der Waals surface area (Å²) in [5.74, 6) is 0.705. The van der Waals surface area contributed by atoms with Crippen molar-refractivity contribution < 1.29 is 9.21 Å². The fraction of sp³-hybridized carbons (Fsp3) is 0.0667. The third kappa shape index (κ3) is 3.96. The molecule has 1 aromatic carbocycles. The number of halogens is 1. The van der Waals surface area contributed by atoms with Crippen molar-refractivity contribution in [3.63, 3.8) is 0 Å². The summed E-state index contributed by atoms with van der Waals surface area (Å²) in [5.41, 5.74) is 0.826. The number of hydrogen-bond acceptors (Lipinski definition) is 6. The number of rotatable bonds is 4. The van der Waals surface area contributed by atoms with Crippen LogP contribution in [-0.4, -0.2) is 21.1 Å². The molecule has 0 saturated heterocycles. The van der Waals surface area contributed by atoms with Crippen LogP contribution in [0.25, 0.3) is 11.5 Å². The van der Waals surface area contributed by atoms with E-state index in [9.17, 15) is 4.79 Å². The SMILES string of the molecule is CC(=O)Nc1ncccc1Sc1nnc(-c2cccc(Br)c2)o1. The van der Waals surface area contributed by atoms with Gasteiger partial charge in [0.2, 0.25) is 11.8 Å². The number of carbonyl (C=O) groups excluding carboxylic acids is 1. The van der Waals surface area contributed by atoms with E-state index in [4.69, 9.17) is 4.42 Å². The molecule has 0 unspecified atom stereocenters. The molecular weight excluding hydrogens is 380 g/mol. The molecular formula is C15H11BrN4O2S. The first-order valence-electron chi connectivity index (χ1n) is 6.62. The van der Waals surface area contributed by atoms with Crippen molar-refractivity contribution in [3.8, 4) is 11.5 Å². The maximum absolute atomic E-state index is 11.2. The molecule has 1 N–H and O–H groups in total. The Kier molecular flexibility index (Phi) is 4.73. The van der Waals surface area contributed by atoms with E-state index in [1.165, 1.54) is 18.7 Å². The number of pyridine rings is 1. The number of aromatic nitrogens is 3. The van der Waals surface area contributed by atoms with E-state index in [0.29, 0.717) is 16.9 Å². The molecule has 3 rings (SSSR count). The van der Waals surface area contributed by atoms with E-state index in [2.05, 4.69) is 36.4 Å². The quantitative estimate of drug-likeness (QED) is 0.724. The van der Waals surface area contributed by atoms with E-state index in [0.717, 1.165) is 14.9 Å². The van der Waals surface area contributed by atoms with Gasteiger partial charge in [-0.25, -0.2) is 4.98 Å². The Morgan fingerprint density at radius 2 is 2.13 bits per heavy atom. The second-order valence-electron chi connectivity index (χ2n) is 4.52. The highest BCUT2D eigenvalue weighted by Gasteiger charge is 2.13. The van der Waals surface area contributed by atoms with Crippen LogP contribution in [0.1, 0.15) is 6.92 Å². The van der Waals surface area contributed by atoms with E-state index >= 15 is 0 Å². The summed E-state index contributed by atoms with van der Waals surface area (Å²) in [7, 11) is 0. The van der Waals surface area contributed by atoms with Gasteiger partial charge in [-0.15, -0.1) is 10.2 Å². The van der Waals surface area contributed by atoms with E-state index in [1.54, 1.807) is 12.3 Å². The van der Waals surface area contributed by atoms with Gasteiger partial charge in [-0.2, -0.15) is 0 Å². The van der Waals surface area contributed by atoms with Crippen molar-refractivity contribution in [1.29, 1.82) is 0 Å². The zero-order chi connectivity index (χ0) is 16.2. The lowest BCUT2D eigenvalue weighted by molar-refractivity contribution is -0.114. The maximum Gasteiger partial charge on any atom is 0.281 e. The second kappa shape index (κ2) is 6.93. The maximum atomic E-state index is 11.2. The lowest BCUT2D eigenvalue weighted by Gasteiger charge is -2.05. The topological polar surface area (TPSA) is 80.9 Å². The van der Waals surface area contributed by atoms with Gasteiger partial charge >= 0.3 is 0 Å². The Morgan fingerprint density at radius 3 is 2.91 bits per heavy atom. The summed E-state index contributed by atoms with van der Waals surface area (Å²) in [4.78, 5) is 16.1. The fourth-order valence-corrected chi connectivity index (χ4v) is 2.95. The third-order valence-electron chi connectivity index (χ3n) is 2.74. The molecule has 0 aliphatic carbocycles. The number of anilines is 1. The molecule has 116 valence electrons. The zero-order valence-corrected chi connectivity index (χ0v) is 14.4. The van der Waals surface area contributed by atoms with Gasteiger partial charge in [0.1, 0.15) is 5.82 Å². The van der Waals surface area contributed by atoms with Gasteiger partial charge in [0.25, 0.3) is 5.22 Å². The molecule has 2 heterocycles. The predicted molar refractivity (Wildman–Crippen MR) is 90.1 cm³/mol. The van der Waals surface area contributed by atoms with Gasteiger partial charge in [0.15, 0.2) is 0 Å². The van der Waals surface area contributed by atoms with Crippen LogP contribution >= 0.6 is 27.7 Å². The molecule has 0 radical (unpaired) electrons. The van der Waals surface area contributed by atoms with Crippen molar-refractivity contribution >= 4 is 39.4 Å². The molecule has 0 aliphatic rings. The molecule has 3 aromatic rings. The number of benzene rings is 1. The molecule has 8 heteroatoms. The van der Waals surface area contributed by atoms with Gasteiger partial charge in [-0.05, 0) is 42.1 Å². The largest absolute Gasteiger partial charge is 0.411 e. The van der Waals surface area contributed by atoms with Crippen LogP contribution in [0.3, 0.4) is 0 Å². The fourth-order valence-electron chi connectivity index (χ4n) is 1.82. The molecule has 0 bridgehead atoms. The number of nitrogens with zero attached hydrogens (tertiary/aromatic N) is 3. The first-order valence-corrected chi connectivity index (χ1v) is 8.22. The summed E-state index contributed by atoms with van der Waals surface area (Å²) in [5, 5.41) is 11.1. The number of nitrogens with one attached hydrogen (secondary N) is 1. The molecule has 0 aliphatic heterocycles. The van der Waals surface area contributed by atoms with Gasteiger partial charge in [0.05, 0.1) is 4.90 Å². The van der Waals surface area contributed by atoms with Crippen LogP contribution in [0.5, 0.6) is 0 Å². The molecule has 0 atom stereocenters. The standard InChI is InChI=1S/C15H11BrN4O2S/c1-9(21)18-13-12(6-3-7-17-13)23-15-20-19-14(22-15)10-4-2-5-11(16)8-10/h2-8H,1H3,(H,17,18,21). The second-order valence-corrected chi connectivity index (χ2v) is 6.43. The third-order valence-corrected chi connectivity index (χ3v) is 4.12. The minimum absolute atomic E-state index is 0.189. The molecule has 6 nitrogen and oxygen atoms in total. The Labute approximate surface area is 144 Å². The van der Waals surface area contributed by atoms with Crippen LogP contribution in [-0.2, 0) is 4.79 Å². The minimum Gasteiger partial charge on any atom is -0.411 e. The summed E-state index contributed by atoms with van der Waals surface area (Å²) in [6.45, 7) is 1.43. The average Bonchev–Trinajstić information content (AvgIpc) is 2.97. The molecule has 0 fully saturated rings. The van der Waals surface area contributed by atoms with E-state index in [1.807, 2.05) is 30.3 Å². The summed E-state index contributed by atoms with van der Waals surface area (Å²) >= 11 is 4.66. The van der Waals surface area contributed by atoms with Crippen molar-refractivity contribution in [2.45, 2.75) is 17.0 Å². The molecule has 0 spiro atoms. The van der Waals surface area contributed by atoms with Crippen molar-refractivity contribution in [1.82, 2.24) is 15.2 Å². The van der Waals surface area contributed by atoms with Crippen molar-refractivity contribution in [2.75, 3.05) is 5.32 Å². The van der Waals surface area contributed by atoms with Crippen LogP contribution in [0.15, 0.2) is 61.6 Å². The Hall–Kier alpha value is -2.19. The lowest BCUT2D eigenvalue weighted by atomic mass is 10.2. The van der Waals surface area contributed by atoms with E-state index < -0.39 is 0 Å². The van der Waals surface area contributed by atoms with Gasteiger partial charge in [-0.1, -0.05) is 22.0 Å². The lowest BCUT2D eigenvalue weighted by Crippen LogP contribution is -2.08. The van der Waals surface area contributed by atoms with Crippen molar-refractivity contribution in [3.05, 3.63) is 47.1 Å². The van der Waals surface area contributed by atoms with Crippen LogP contribution < -0.4 is 5.32 Å². The summed E-state index contributed by atoms with van der Waals surface area (Å²) in [6, 6.07) is 11.2. The Balaban J connectivity index is 1.84. The number of amides is 1. The summed E-state index contributed by atoms with van der Waals surface area (Å²) in [6.07, 6.45) is 1.61. The first-order chi connectivity index (χ1) is 11.1. The summed E-state index contributed by atoms with van der Waals surface area (Å²) < 4.78 is 6.60. The Bertz CT molecular complexity index is 853. The highest BCUT2D eigenvalue weighted by Crippen LogP contribution is 2.33. The molecule has 23 heavy (non-hydrogen) atoms. The number of hydrogen-bond donors (Lipinski definition) is 1. The number of carbonyl (C=O) groups is 1. The van der Waals surface area contributed by atoms with Crippen LogP contribution in [0.4, 0.5) is 5.82 Å². The van der Waals surface area contributed by atoms with Gasteiger partial charge in [-0.3, -0.25) is 4.79 Å². The highest BCUT2D eigenvalue weighted by atomic mass is 79.9. The monoisotopic (exact) mass is 390 g/mol. The first kappa shape index (κ1) is 15.7. The average molecular weight is 391 g/mol. The predicted octanol–water partition coefficient (Wildman–Crippen LogP) is 4.00. The van der Waals surface area contributed by atoms with Gasteiger partial charge in [0, 0.05) is 23.2 Å². The normalized spacial score (nSPS) is 10.5. The Morgan fingerprint density at radius 1 is 1.26 bits per heavy atom. The van der Waals surface area contributed by atoms with Crippen molar-refractivity contribution in [2.24, 2.45) is 0 Å². The highest BCUT2D eigenvalue weighted by molar-refractivity contribution is 9.10. The zero-order valence-electron chi connectivity index (χ0n) is 12.0. The minimum atomic E-state index is -0.189. The van der Waals surface area contributed by atoms with Gasteiger partial charge < -0.3 is 9.73 Å². The molecule has 2 aromatic heterocycles. The van der Waals surface area contributed by atoms with E-state index in [-0.39, 0.29) is 5.91 Å². The van der Waals surface area contributed by atoms with Crippen LogP contribution in [0.2, 0.25) is 0 Å².